The van der Waals surface area contributed by atoms with Crippen molar-refractivity contribution in [1.29, 1.82) is 5.26 Å². The Labute approximate surface area is 122 Å². The number of nitriles is 1. The van der Waals surface area contributed by atoms with Crippen molar-refractivity contribution in [3.63, 3.8) is 0 Å². The zero-order valence-corrected chi connectivity index (χ0v) is 11.6. The van der Waals surface area contributed by atoms with Gasteiger partial charge in [-0.1, -0.05) is 23.7 Å². The SMILES string of the molecule is COc1ccccc1Oc1cc(Cl)cc(/C=C/C#N)c1. The number of nitrogens with zero attached hydrogens (tertiary/aromatic N) is 1. The lowest BCUT2D eigenvalue weighted by Gasteiger charge is -2.10. The van der Waals surface area contributed by atoms with Crippen molar-refractivity contribution in [2.24, 2.45) is 0 Å². The quantitative estimate of drug-likeness (QED) is 0.766. The lowest BCUT2D eigenvalue weighted by molar-refractivity contribution is 0.379. The topological polar surface area (TPSA) is 42.2 Å². The predicted octanol–water partition coefficient (Wildman–Crippen LogP) is 4.68. The molecule has 0 spiro atoms. The van der Waals surface area contributed by atoms with Crippen molar-refractivity contribution in [1.82, 2.24) is 0 Å². The van der Waals surface area contributed by atoms with Gasteiger partial charge in [0.05, 0.1) is 13.2 Å². The van der Waals surface area contributed by atoms with Crippen LogP contribution in [0.5, 0.6) is 17.2 Å². The summed E-state index contributed by atoms with van der Waals surface area (Å²) in [7, 11) is 1.58. The van der Waals surface area contributed by atoms with E-state index in [1.54, 1.807) is 31.4 Å². The lowest BCUT2D eigenvalue weighted by Crippen LogP contribution is -1.90. The molecule has 0 radical (unpaired) electrons. The van der Waals surface area contributed by atoms with E-state index in [0.717, 1.165) is 5.56 Å². The van der Waals surface area contributed by atoms with Crippen LogP contribution in [0.1, 0.15) is 5.56 Å². The van der Waals surface area contributed by atoms with Crippen molar-refractivity contribution in [3.8, 4) is 23.3 Å². The van der Waals surface area contributed by atoms with E-state index in [1.807, 2.05) is 30.3 Å². The molecule has 0 atom stereocenters. The number of benzene rings is 2. The maximum Gasteiger partial charge on any atom is 0.169 e. The van der Waals surface area contributed by atoms with Crippen LogP contribution in [0.25, 0.3) is 6.08 Å². The molecule has 0 fully saturated rings. The number of hydrogen-bond donors (Lipinski definition) is 0. The van der Waals surface area contributed by atoms with E-state index < -0.39 is 0 Å². The van der Waals surface area contributed by atoms with E-state index in [4.69, 9.17) is 26.3 Å². The van der Waals surface area contributed by atoms with Crippen molar-refractivity contribution in [2.45, 2.75) is 0 Å². The van der Waals surface area contributed by atoms with Gasteiger partial charge in [-0.15, -0.1) is 0 Å². The molecule has 2 rings (SSSR count). The van der Waals surface area contributed by atoms with Crippen LogP contribution in [-0.2, 0) is 0 Å². The summed E-state index contributed by atoms with van der Waals surface area (Å²) in [5, 5.41) is 9.09. The third-order valence-corrected chi connectivity index (χ3v) is 2.76. The Balaban J connectivity index is 2.31. The van der Waals surface area contributed by atoms with E-state index in [2.05, 4.69) is 0 Å². The minimum atomic E-state index is 0.537. The fourth-order valence-corrected chi connectivity index (χ4v) is 1.94. The third-order valence-electron chi connectivity index (χ3n) is 2.54. The second-order valence-corrected chi connectivity index (χ2v) is 4.37. The van der Waals surface area contributed by atoms with Gasteiger partial charge in [0.2, 0.25) is 0 Å². The summed E-state index contributed by atoms with van der Waals surface area (Å²) in [5.41, 5.74) is 0.795. The molecule has 3 nitrogen and oxygen atoms in total. The molecule has 0 aliphatic heterocycles. The minimum absolute atomic E-state index is 0.537. The highest BCUT2D eigenvalue weighted by Crippen LogP contribution is 2.32. The number of methoxy groups -OCH3 is 1. The van der Waals surface area contributed by atoms with Gasteiger partial charge in [0, 0.05) is 11.1 Å². The first-order valence-electron chi connectivity index (χ1n) is 5.90. The van der Waals surface area contributed by atoms with Gasteiger partial charge in [-0.2, -0.15) is 5.26 Å². The Morgan fingerprint density at radius 3 is 2.60 bits per heavy atom. The summed E-state index contributed by atoms with van der Waals surface area (Å²) in [6, 6.07) is 14.5. The van der Waals surface area contributed by atoms with Crippen LogP contribution in [0.2, 0.25) is 5.02 Å². The van der Waals surface area contributed by atoms with E-state index >= 15 is 0 Å². The maximum atomic E-state index is 8.55. The van der Waals surface area contributed by atoms with Crippen molar-refractivity contribution >= 4 is 17.7 Å². The van der Waals surface area contributed by atoms with Crippen LogP contribution in [0.4, 0.5) is 0 Å². The first-order valence-corrected chi connectivity index (χ1v) is 6.28. The van der Waals surface area contributed by atoms with Crippen LogP contribution in [0.3, 0.4) is 0 Å². The molecule has 0 aliphatic rings. The molecule has 20 heavy (non-hydrogen) atoms. The molecule has 0 N–H and O–H groups in total. The van der Waals surface area contributed by atoms with Crippen LogP contribution in [0, 0.1) is 11.3 Å². The molecular formula is C16H12ClNO2. The second kappa shape index (κ2) is 6.65. The van der Waals surface area contributed by atoms with E-state index in [0.29, 0.717) is 22.3 Å². The molecule has 0 heterocycles. The van der Waals surface area contributed by atoms with Crippen molar-refractivity contribution in [3.05, 3.63) is 59.1 Å². The van der Waals surface area contributed by atoms with Crippen LogP contribution in [0.15, 0.2) is 48.5 Å². The molecule has 0 saturated carbocycles. The summed E-state index contributed by atoms with van der Waals surface area (Å²) in [5.74, 6) is 1.83. The average Bonchev–Trinajstić information content (AvgIpc) is 2.45. The van der Waals surface area contributed by atoms with Crippen LogP contribution >= 0.6 is 11.6 Å². The molecule has 0 aromatic heterocycles. The second-order valence-electron chi connectivity index (χ2n) is 3.94. The number of rotatable bonds is 4. The van der Waals surface area contributed by atoms with Gasteiger partial charge < -0.3 is 9.47 Å². The summed E-state index contributed by atoms with van der Waals surface area (Å²) >= 11 is 6.04. The Morgan fingerprint density at radius 2 is 1.90 bits per heavy atom. The molecule has 0 amide bonds. The van der Waals surface area contributed by atoms with Gasteiger partial charge in [0.15, 0.2) is 11.5 Å². The molecule has 0 unspecified atom stereocenters. The number of halogens is 1. The van der Waals surface area contributed by atoms with Gasteiger partial charge in [-0.25, -0.2) is 0 Å². The molecule has 0 aliphatic carbocycles. The van der Waals surface area contributed by atoms with Gasteiger partial charge in [0.25, 0.3) is 0 Å². The fraction of sp³-hybridized carbons (Fsp3) is 0.0625. The van der Waals surface area contributed by atoms with Gasteiger partial charge in [-0.3, -0.25) is 0 Å². The molecule has 4 heteroatoms. The Morgan fingerprint density at radius 1 is 1.15 bits per heavy atom. The highest BCUT2D eigenvalue weighted by atomic mass is 35.5. The van der Waals surface area contributed by atoms with Crippen molar-refractivity contribution < 1.29 is 9.47 Å². The van der Waals surface area contributed by atoms with Gasteiger partial charge in [-0.05, 0) is 42.0 Å². The van der Waals surface area contributed by atoms with Crippen LogP contribution in [-0.4, -0.2) is 7.11 Å². The first-order chi connectivity index (χ1) is 9.72. The molecule has 0 bridgehead atoms. The van der Waals surface area contributed by atoms with E-state index in [-0.39, 0.29) is 0 Å². The average molecular weight is 286 g/mol. The minimum Gasteiger partial charge on any atom is -0.493 e. The number of ether oxygens (including phenoxy) is 2. The third kappa shape index (κ3) is 3.53. The summed E-state index contributed by atoms with van der Waals surface area (Å²) in [6.07, 6.45) is 3.06. The van der Waals surface area contributed by atoms with Crippen LogP contribution < -0.4 is 9.47 Å². The van der Waals surface area contributed by atoms with Gasteiger partial charge in [0.1, 0.15) is 5.75 Å². The van der Waals surface area contributed by atoms with Gasteiger partial charge >= 0.3 is 0 Å². The molecule has 2 aromatic carbocycles. The largest absolute Gasteiger partial charge is 0.493 e. The zero-order chi connectivity index (χ0) is 14.4. The standard InChI is InChI=1S/C16H12ClNO2/c1-19-15-6-2-3-7-16(15)20-14-10-12(5-4-8-18)9-13(17)11-14/h2-7,9-11H,1H3/b5-4+. The smallest absolute Gasteiger partial charge is 0.169 e. The summed E-state index contributed by atoms with van der Waals surface area (Å²) in [6.45, 7) is 0. The van der Waals surface area contributed by atoms with E-state index in [9.17, 15) is 0 Å². The first kappa shape index (κ1) is 14.0. The summed E-state index contributed by atoms with van der Waals surface area (Å²) in [4.78, 5) is 0. The number of hydrogen-bond acceptors (Lipinski definition) is 3. The molecule has 100 valence electrons. The molecular weight excluding hydrogens is 274 g/mol. The summed E-state index contributed by atoms with van der Waals surface area (Å²) < 4.78 is 11.0. The molecule has 0 saturated heterocycles. The Hall–Kier alpha value is -2.44. The predicted molar refractivity (Wildman–Crippen MR) is 79.2 cm³/mol. The monoisotopic (exact) mass is 285 g/mol. The van der Waals surface area contributed by atoms with E-state index in [1.165, 1.54) is 6.08 Å². The number of allylic oxidation sites excluding steroid dienone is 1. The van der Waals surface area contributed by atoms with Crippen molar-refractivity contribution in [2.75, 3.05) is 7.11 Å². The number of para-hydroxylation sites is 2. The lowest BCUT2D eigenvalue weighted by atomic mass is 10.2. The highest BCUT2D eigenvalue weighted by Gasteiger charge is 2.05. The maximum absolute atomic E-state index is 8.55. The highest BCUT2D eigenvalue weighted by molar-refractivity contribution is 6.30. The normalized spacial score (nSPS) is 10.2. The zero-order valence-electron chi connectivity index (χ0n) is 10.8. The Kier molecular flexibility index (Phi) is 4.65. The molecule has 2 aromatic rings. The fourth-order valence-electron chi connectivity index (χ4n) is 1.70. The Bertz CT molecular complexity index is 674.